The van der Waals surface area contributed by atoms with Gasteiger partial charge < -0.3 is 17.2 Å². The van der Waals surface area contributed by atoms with Crippen molar-refractivity contribution in [1.29, 1.82) is 16.2 Å². The van der Waals surface area contributed by atoms with E-state index >= 15 is 0 Å². The van der Waals surface area contributed by atoms with Gasteiger partial charge in [-0.3, -0.25) is 16.2 Å². The van der Waals surface area contributed by atoms with Crippen LogP contribution in [0.1, 0.15) is 20.8 Å². The van der Waals surface area contributed by atoms with E-state index in [-0.39, 0.29) is 34.6 Å². The third-order valence-corrected chi connectivity index (χ3v) is 0. The van der Waals surface area contributed by atoms with Crippen LogP contribution in [0, 0.1) is 16.2 Å². The maximum atomic E-state index is 6.28. The molecule has 0 aromatic heterocycles. The number of amidine groups is 3. The molecule has 0 radical (unpaired) electrons. The van der Waals surface area contributed by atoms with Gasteiger partial charge in [-0.2, -0.15) is 0 Å². The van der Waals surface area contributed by atoms with Crippen molar-refractivity contribution in [2.24, 2.45) is 17.2 Å². The molecule has 0 bridgehead atoms. The van der Waals surface area contributed by atoms with Gasteiger partial charge in [-0.05, 0) is 20.8 Å². The molecule has 0 saturated heterocycles. The summed E-state index contributed by atoms with van der Waals surface area (Å²) in [4.78, 5) is 0. The quantitative estimate of drug-likeness (QED) is 0.194. The van der Waals surface area contributed by atoms with Gasteiger partial charge in [-0.15, -0.1) is 0 Å². The topological polar surface area (TPSA) is 150 Å². The number of rotatable bonds is 0. The fourth-order valence-electron chi connectivity index (χ4n) is 0. The zero-order chi connectivity index (χ0) is 10.7. The molecule has 0 amide bonds. The SMILES string of the molecule is CC(=N)N.CC(=N)N.CC(=N)N.[Fe]. The minimum Gasteiger partial charge on any atom is -0.388 e. The van der Waals surface area contributed by atoms with Gasteiger partial charge in [0.2, 0.25) is 0 Å². The molecule has 0 aliphatic heterocycles. The van der Waals surface area contributed by atoms with Crippen molar-refractivity contribution >= 4 is 17.5 Å². The second kappa shape index (κ2) is 17.1. The van der Waals surface area contributed by atoms with E-state index in [0.29, 0.717) is 0 Å². The van der Waals surface area contributed by atoms with Crippen molar-refractivity contribution in [3.05, 3.63) is 0 Å². The predicted molar refractivity (Wildman–Crippen MR) is 52.8 cm³/mol. The Balaban J connectivity index is -0.0000000450. The molecule has 0 rings (SSSR count). The Morgan fingerprint density at radius 2 is 0.692 bits per heavy atom. The number of hydrogen-bond acceptors (Lipinski definition) is 3. The Labute approximate surface area is 89.2 Å². The molecule has 6 nitrogen and oxygen atoms in total. The molecule has 0 aliphatic rings. The first-order valence-electron chi connectivity index (χ1n) is 3.12. The second-order valence-corrected chi connectivity index (χ2v) is 2.05. The molecule has 13 heavy (non-hydrogen) atoms. The van der Waals surface area contributed by atoms with E-state index in [4.69, 9.17) is 33.4 Å². The minimum atomic E-state index is 0. The first-order valence-corrected chi connectivity index (χ1v) is 3.12. The van der Waals surface area contributed by atoms with Crippen LogP contribution < -0.4 is 17.2 Å². The molecule has 0 aliphatic carbocycles. The van der Waals surface area contributed by atoms with Crippen LogP contribution in [-0.4, -0.2) is 17.5 Å². The third-order valence-electron chi connectivity index (χ3n) is 0. The Kier molecular flexibility index (Phi) is 29.9. The standard InChI is InChI=1S/3C2H6N2.Fe/c3*1-2(3)4;/h3*1H3,(H3,3,4);. The number of nitrogens with one attached hydrogen (secondary N) is 3. The fraction of sp³-hybridized carbons (Fsp3) is 0.500. The molecule has 80 valence electrons. The van der Waals surface area contributed by atoms with Gasteiger partial charge in [-0.1, -0.05) is 0 Å². The Morgan fingerprint density at radius 3 is 0.692 bits per heavy atom. The maximum Gasteiger partial charge on any atom is 0.0873 e. The van der Waals surface area contributed by atoms with Crippen LogP contribution in [0.4, 0.5) is 0 Å². The first-order chi connectivity index (χ1) is 5.20. The molecular weight excluding hydrogens is 212 g/mol. The third kappa shape index (κ3) is 760. The van der Waals surface area contributed by atoms with Crippen LogP contribution in [0.2, 0.25) is 0 Å². The van der Waals surface area contributed by atoms with Crippen molar-refractivity contribution < 1.29 is 17.1 Å². The smallest absolute Gasteiger partial charge is 0.0873 e. The van der Waals surface area contributed by atoms with E-state index in [2.05, 4.69) is 0 Å². The van der Waals surface area contributed by atoms with E-state index in [9.17, 15) is 0 Å². The van der Waals surface area contributed by atoms with Gasteiger partial charge in [0.1, 0.15) is 0 Å². The summed E-state index contributed by atoms with van der Waals surface area (Å²) in [6.45, 7) is 4.58. The van der Waals surface area contributed by atoms with E-state index < -0.39 is 0 Å². The summed E-state index contributed by atoms with van der Waals surface area (Å²) >= 11 is 0. The van der Waals surface area contributed by atoms with Crippen molar-refractivity contribution in [2.45, 2.75) is 20.8 Å². The summed E-state index contributed by atoms with van der Waals surface area (Å²) in [7, 11) is 0. The van der Waals surface area contributed by atoms with Crippen LogP contribution in [0.15, 0.2) is 0 Å². The summed E-state index contributed by atoms with van der Waals surface area (Å²) < 4.78 is 0. The molecule has 0 fully saturated rings. The second-order valence-electron chi connectivity index (χ2n) is 2.05. The maximum absolute atomic E-state index is 6.28. The van der Waals surface area contributed by atoms with Crippen molar-refractivity contribution in [3.8, 4) is 0 Å². The Hall–Kier alpha value is -1.07. The van der Waals surface area contributed by atoms with Gasteiger partial charge in [0.25, 0.3) is 0 Å². The zero-order valence-electron chi connectivity index (χ0n) is 8.09. The summed E-state index contributed by atoms with van der Waals surface area (Å²) in [5, 5.41) is 18.8. The molecule has 7 heteroatoms. The van der Waals surface area contributed by atoms with E-state index in [1.807, 2.05) is 0 Å². The largest absolute Gasteiger partial charge is 0.388 e. The van der Waals surface area contributed by atoms with Crippen molar-refractivity contribution in [2.75, 3.05) is 0 Å². The average Bonchev–Trinajstić information content (AvgIpc) is 1.54. The van der Waals surface area contributed by atoms with Crippen LogP contribution in [0.3, 0.4) is 0 Å². The molecule has 0 heterocycles. The van der Waals surface area contributed by atoms with Crippen LogP contribution >= 0.6 is 0 Å². The summed E-state index contributed by atoms with van der Waals surface area (Å²) in [6, 6.07) is 0. The summed E-state index contributed by atoms with van der Waals surface area (Å²) in [6.07, 6.45) is 0. The minimum absolute atomic E-state index is 0. The number of hydrogen-bond donors (Lipinski definition) is 6. The van der Waals surface area contributed by atoms with Crippen LogP contribution in [0.5, 0.6) is 0 Å². The van der Waals surface area contributed by atoms with E-state index in [1.165, 1.54) is 20.8 Å². The molecule has 9 N–H and O–H groups in total. The van der Waals surface area contributed by atoms with Gasteiger partial charge in [0.05, 0.1) is 17.5 Å². The molecule has 0 spiro atoms. The molecular formula is C6H18FeN6. The zero-order valence-corrected chi connectivity index (χ0v) is 9.19. The normalized spacial score (nSPS) is 5.77. The van der Waals surface area contributed by atoms with Crippen LogP contribution in [0.25, 0.3) is 0 Å². The molecule has 0 aromatic carbocycles. The van der Waals surface area contributed by atoms with Gasteiger partial charge in [0.15, 0.2) is 0 Å². The predicted octanol–water partition coefficient (Wildman–Crippen LogP) is -0.176. The molecule has 0 atom stereocenters. The van der Waals surface area contributed by atoms with E-state index in [1.54, 1.807) is 0 Å². The van der Waals surface area contributed by atoms with Gasteiger partial charge >= 0.3 is 0 Å². The molecule has 0 aromatic rings. The van der Waals surface area contributed by atoms with Crippen molar-refractivity contribution in [1.82, 2.24) is 0 Å². The molecule has 0 saturated carbocycles. The Bertz CT molecular complexity index is 115. The monoisotopic (exact) mass is 230 g/mol. The average molecular weight is 230 g/mol. The van der Waals surface area contributed by atoms with Gasteiger partial charge in [-0.25, -0.2) is 0 Å². The Morgan fingerprint density at radius 1 is 0.692 bits per heavy atom. The van der Waals surface area contributed by atoms with E-state index in [0.717, 1.165) is 0 Å². The summed E-state index contributed by atoms with van der Waals surface area (Å²) in [5.74, 6) is 0.500. The fourth-order valence-corrected chi connectivity index (χ4v) is 0. The number of nitrogens with two attached hydrogens (primary N) is 3. The molecule has 0 unspecified atom stereocenters. The van der Waals surface area contributed by atoms with Gasteiger partial charge in [0, 0.05) is 17.1 Å². The first kappa shape index (κ1) is 22.7. The van der Waals surface area contributed by atoms with Crippen molar-refractivity contribution in [3.63, 3.8) is 0 Å². The van der Waals surface area contributed by atoms with Crippen LogP contribution in [-0.2, 0) is 17.1 Å². The summed E-state index contributed by atoms with van der Waals surface area (Å²) in [5.41, 5.74) is 14.1.